The van der Waals surface area contributed by atoms with Crippen molar-refractivity contribution in [1.29, 1.82) is 0 Å². The molecule has 0 heterocycles. The summed E-state index contributed by atoms with van der Waals surface area (Å²) in [4.78, 5) is 0. The van der Waals surface area contributed by atoms with Crippen molar-refractivity contribution < 1.29 is 105 Å². The molecule has 0 aromatic carbocycles. The van der Waals surface area contributed by atoms with Crippen molar-refractivity contribution in [3.05, 3.63) is 0 Å². The van der Waals surface area contributed by atoms with Gasteiger partial charge in [0.15, 0.2) is 0 Å². The molecule has 0 aliphatic rings. The van der Waals surface area contributed by atoms with E-state index in [1.807, 2.05) is 0 Å². The summed E-state index contributed by atoms with van der Waals surface area (Å²) in [6.07, 6.45) is 0. The van der Waals surface area contributed by atoms with Gasteiger partial charge in [-0.2, -0.15) is 0 Å². The van der Waals surface area contributed by atoms with Crippen molar-refractivity contribution in [3.8, 4) is 0 Å². The molecule has 0 spiro atoms. The molecular formula is Ga3Pt5. The van der Waals surface area contributed by atoms with Gasteiger partial charge in [-0.25, -0.2) is 0 Å². The molecular weight excluding hydrogens is 1180 g/mol. The van der Waals surface area contributed by atoms with Gasteiger partial charge in [0.1, 0.15) is 0 Å². The zero-order chi connectivity index (χ0) is 0. The summed E-state index contributed by atoms with van der Waals surface area (Å²) in [6, 6.07) is 0. The van der Waals surface area contributed by atoms with E-state index in [2.05, 4.69) is 0 Å². The van der Waals surface area contributed by atoms with Crippen LogP contribution in [0.3, 0.4) is 0 Å². The second kappa shape index (κ2) is 55.6. The summed E-state index contributed by atoms with van der Waals surface area (Å²) in [5.74, 6) is 0. The molecule has 59 valence electrons. The van der Waals surface area contributed by atoms with E-state index in [-0.39, 0.29) is 165 Å². The molecule has 8 heavy (non-hydrogen) atoms. The molecule has 9 radical (unpaired) electrons. The van der Waals surface area contributed by atoms with Gasteiger partial charge in [0.05, 0.1) is 0 Å². The maximum Gasteiger partial charge on any atom is 0 e. The summed E-state index contributed by atoms with van der Waals surface area (Å²) in [7, 11) is 0. The first kappa shape index (κ1) is 71.1. The standard InChI is InChI=1S/3Ga.5Pt. The van der Waals surface area contributed by atoms with Crippen LogP contribution in [0.2, 0.25) is 0 Å². The predicted octanol–water partition coefficient (Wildman–Crippen LogP) is -1.15. The Kier molecular flexibility index (Phi) is 494. The molecule has 0 unspecified atom stereocenters. The molecule has 0 aromatic rings. The van der Waals surface area contributed by atoms with Crippen LogP contribution < -0.4 is 0 Å². The van der Waals surface area contributed by atoms with Crippen LogP contribution in [0.25, 0.3) is 0 Å². The van der Waals surface area contributed by atoms with E-state index in [1.54, 1.807) is 0 Å². The second-order valence-corrected chi connectivity index (χ2v) is 0. The Morgan fingerprint density at radius 1 is 0.250 bits per heavy atom. The summed E-state index contributed by atoms with van der Waals surface area (Å²) < 4.78 is 0. The Morgan fingerprint density at radius 3 is 0.250 bits per heavy atom. The molecule has 0 saturated carbocycles. The quantitative estimate of drug-likeness (QED) is 0.270. The smallest absolute Gasteiger partial charge is 0 e. The van der Waals surface area contributed by atoms with Crippen LogP contribution in [-0.2, 0) is 105 Å². The van der Waals surface area contributed by atoms with E-state index >= 15 is 0 Å². The maximum absolute atomic E-state index is 0. The van der Waals surface area contributed by atoms with Crippen molar-refractivity contribution in [2.45, 2.75) is 0 Å². The van der Waals surface area contributed by atoms with Crippen molar-refractivity contribution in [2.24, 2.45) is 0 Å². The van der Waals surface area contributed by atoms with Gasteiger partial charge in [0, 0.05) is 165 Å². The van der Waals surface area contributed by atoms with Crippen LogP contribution in [0.5, 0.6) is 0 Å². The van der Waals surface area contributed by atoms with Gasteiger partial charge >= 0.3 is 0 Å². The van der Waals surface area contributed by atoms with Crippen molar-refractivity contribution in [3.63, 3.8) is 0 Å². The summed E-state index contributed by atoms with van der Waals surface area (Å²) >= 11 is 0. The van der Waals surface area contributed by atoms with Crippen LogP contribution in [-0.4, -0.2) is 59.4 Å². The Hall–Kier alpha value is 5.35. The van der Waals surface area contributed by atoms with Gasteiger partial charge in [0.2, 0.25) is 0 Å². The van der Waals surface area contributed by atoms with Gasteiger partial charge in [-0.1, -0.05) is 0 Å². The minimum atomic E-state index is 0. The minimum absolute atomic E-state index is 0. The average molecular weight is 1180 g/mol. The number of rotatable bonds is 0. The molecule has 0 rings (SSSR count). The fraction of sp³-hybridized carbons (Fsp3) is 0. The van der Waals surface area contributed by atoms with Gasteiger partial charge < -0.3 is 0 Å². The SMILES string of the molecule is [Ga].[Ga].[Ga].[Pt].[Pt].[Pt].[Pt].[Pt]. The topological polar surface area (TPSA) is 0 Å². The van der Waals surface area contributed by atoms with Crippen molar-refractivity contribution in [2.75, 3.05) is 0 Å². The summed E-state index contributed by atoms with van der Waals surface area (Å²) in [6.45, 7) is 0. The van der Waals surface area contributed by atoms with Crippen LogP contribution in [0.15, 0.2) is 0 Å². The van der Waals surface area contributed by atoms with Crippen LogP contribution in [0, 0.1) is 0 Å². The van der Waals surface area contributed by atoms with Crippen molar-refractivity contribution in [1.82, 2.24) is 0 Å². The number of hydrogen-bond acceptors (Lipinski definition) is 0. The summed E-state index contributed by atoms with van der Waals surface area (Å²) in [5.41, 5.74) is 0. The third-order valence-electron chi connectivity index (χ3n) is 0. The van der Waals surface area contributed by atoms with Gasteiger partial charge in [-0.3, -0.25) is 0 Å². The van der Waals surface area contributed by atoms with E-state index in [0.29, 0.717) is 0 Å². The van der Waals surface area contributed by atoms with Gasteiger partial charge in [-0.05, 0) is 0 Å². The zero-order valence-electron chi connectivity index (χ0n) is 3.31. The normalized spacial score (nSPS) is 0. The monoisotopic (exact) mass is 1180 g/mol. The molecule has 0 N–H and O–H groups in total. The summed E-state index contributed by atoms with van der Waals surface area (Å²) in [5, 5.41) is 0. The van der Waals surface area contributed by atoms with E-state index < -0.39 is 0 Å². The largest absolute Gasteiger partial charge is 0 e. The number of hydrogen-bond donors (Lipinski definition) is 0. The Bertz CT molecular complexity index is 7.64. The first-order chi connectivity index (χ1) is 0. The third-order valence-corrected chi connectivity index (χ3v) is 0. The first-order valence-electron chi connectivity index (χ1n) is 0. The van der Waals surface area contributed by atoms with Gasteiger partial charge in [0.25, 0.3) is 0 Å². The molecule has 0 nitrogen and oxygen atoms in total. The molecule has 0 fully saturated rings. The molecule has 0 aliphatic heterocycles. The van der Waals surface area contributed by atoms with Crippen LogP contribution >= 0.6 is 0 Å². The fourth-order valence-electron chi connectivity index (χ4n) is 0. The Morgan fingerprint density at radius 2 is 0.250 bits per heavy atom. The van der Waals surface area contributed by atoms with Crippen LogP contribution in [0.1, 0.15) is 0 Å². The maximum atomic E-state index is 0. The fourth-order valence-corrected chi connectivity index (χ4v) is 0. The van der Waals surface area contributed by atoms with Crippen LogP contribution in [0.4, 0.5) is 0 Å². The Labute approximate surface area is 161 Å². The minimum Gasteiger partial charge on any atom is 0 e. The van der Waals surface area contributed by atoms with E-state index in [4.69, 9.17) is 0 Å². The van der Waals surface area contributed by atoms with Crippen molar-refractivity contribution >= 4 is 59.4 Å². The third kappa shape index (κ3) is 42.5. The second-order valence-electron chi connectivity index (χ2n) is 0. The molecule has 0 atom stereocenters. The molecule has 0 aromatic heterocycles. The predicted molar refractivity (Wildman–Crippen MR) is 17.3 cm³/mol. The molecule has 0 amide bonds. The van der Waals surface area contributed by atoms with E-state index in [9.17, 15) is 0 Å². The van der Waals surface area contributed by atoms with E-state index in [0.717, 1.165) is 0 Å². The van der Waals surface area contributed by atoms with E-state index in [1.165, 1.54) is 0 Å². The molecule has 0 bridgehead atoms. The molecule has 0 aliphatic carbocycles. The molecule has 8 heteroatoms. The zero-order valence-corrected chi connectivity index (χ0v) is 21.9. The first-order valence-corrected chi connectivity index (χ1v) is 0. The van der Waals surface area contributed by atoms with Gasteiger partial charge in [-0.15, -0.1) is 0 Å². The molecule has 0 saturated heterocycles. The Balaban J connectivity index is 0. The average Bonchev–Trinajstić information content (AvgIpc) is 0.